The highest BCUT2D eigenvalue weighted by Gasteiger charge is 2.13. The van der Waals surface area contributed by atoms with Gasteiger partial charge in [0.1, 0.15) is 5.75 Å². The average Bonchev–Trinajstić information content (AvgIpc) is 2.95. The molecule has 5 nitrogen and oxygen atoms in total. The Bertz CT molecular complexity index is 837. The zero-order chi connectivity index (χ0) is 16.4. The molecule has 0 aliphatic heterocycles. The van der Waals surface area contributed by atoms with Crippen LogP contribution < -0.4 is 10.1 Å². The molecule has 0 saturated carbocycles. The van der Waals surface area contributed by atoms with Crippen LogP contribution in [0.25, 0.3) is 11.0 Å². The third kappa shape index (κ3) is 3.04. The van der Waals surface area contributed by atoms with Crippen LogP contribution in [-0.2, 0) is 7.05 Å². The SMILES string of the molecule is COc1ccc(C(C)NC(=O)c2ccc3c(c2)ncn3C)cc1. The van der Waals surface area contributed by atoms with Crippen LogP contribution in [0.4, 0.5) is 0 Å². The number of nitrogens with zero attached hydrogens (tertiary/aromatic N) is 2. The van der Waals surface area contributed by atoms with Crippen molar-refractivity contribution in [2.75, 3.05) is 7.11 Å². The third-order valence-corrected chi connectivity index (χ3v) is 3.95. The molecule has 1 amide bonds. The van der Waals surface area contributed by atoms with Gasteiger partial charge in [-0.25, -0.2) is 4.98 Å². The normalized spacial score (nSPS) is 12.1. The molecule has 0 aliphatic carbocycles. The van der Waals surface area contributed by atoms with E-state index in [1.165, 1.54) is 0 Å². The molecule has 1 N–H and O–H groups in total. The zero-order valence-corrected chi connectivity index (χ0v) is 13.4. The number of nitrogens with one attached hydrogen (secondary N) is 1. The van der Waals surface area contributed by atoms with E-state index in [1.54, 1.807) is 13.4 Å². The molecule has 0 bridgehead atoms. The summed E-state index contributed by atoms with van der Waals surface area (Å²) < 4.78 is 7.07. The quantitative estimate of drug-likeness (QED) is 0.806. The van der Waals surface area contributed by atoms with Gasteiger partial charge in [0.2, 0.25) is 0 Å². The van der Waals surface area contributed by atoms with Gasteiger partial charge in [-0.1, -0.05) is 12.1 Å². The summed E-state index contributed by atoms with van der Waals surface area (Å²) in [4.78, 5) is 16.7. The Labute approximate surface area is 134 Å². The van der Waals surface area contributed by atoms with Gasteiger partial charge >= 0.3 is 0 Å². The van der Waals surface area contributed by atoms with Crippen molar-refractivity contribution in [2.45, 2.75) is 13.0 Å². The lowest BCUT2D eigenvalue weighted by atomic mass is 10.1. The van der Waals surface area contributed by atoms with E-state index in [0.717, 1.165) is 22.3 Å². The largest absolute Gasteiger partial charge is 0.497 e. The number of hydrogen-bond acceptors (Lipinski definition) is 3. The number of hydrogen-bond donors (Lipinski definition) is 1. The second-order valence-corrected chi connectivity index (χ2v) is 5.53. The van der Waals surface area contributed by atoms with Crippen molar-refractivity contribution in [1.29, 1.82) is 0 Å². The topological polar surface area (TPSA) is 56.1 Å². The number of ether oxygens (including phenoxy) is 1. The van der Waals surface area contributed by atoms with Gasteiger partial charge in [-0.15, -0.1) is 0 Å². The highest BCUT2D eigenvalue weighted by Crippen LogP contribution is 2.19. The van der Waals surface area contributed by atoms with Crippen LogP contribution in [0.3, 0.4) is 0 Å². The molecule has 1 atom stereocenters. The van der Waals surface area contributed by atoms with Crippen molar-refractivity contribution in [1.82, 2.24) is 14.9 Å². The minimum absolute atomic E-state index is 0.0900. The van der Waals surface area contributed by atoms with E-state index in [0.29, 0.717) is 5.56 Å². The van der Waals surface area contributed by atoms with Crippen LogP contribution in [-0.4, -0.2) is 22.6 Å². The van der Waals surface area contributed by atoms with Gasteiger partial charge in [0.15, 0.2) is 0 Å². The Morgan fingerprint density at radius 3 is 2.65 bits per heavy atom. The minimum Gasteiger partial charge on any atom is -0.497 e. The molecule has 0 fully saturated rings. The Morgan fingerprint density at radius 1 is 1.22 bits per heavy atom. The van der Waals surface area contributed by atoms with Gasteiger partial charge < -0.3 is 14.6 Å². The number of methoxy groups -OCH3 is 1. The molecule has 118 valence electrons. The van der Waals surface area contributed by atoms with Crippen LogP contribution in [0.5, 0.6) is 5.75 Å². The van der Waals surface area contributed by atoms with Crippen molar-refractivity contribution < 1.29 is 9.53 Å². The van der Waals surface area contributed by atoms with E-state index in [-0.39, 0.29) is 11.9 Å². The van der Waals surface area contributed by atoms with E-state index in [9.17, 15) is 4.79 Å². The molecular formula is C18H19N3O2. The Morgan fingerprint density at radius 2 is 1.96 bits per heavy atom. The number of amides is 1. The summed E-state index contributed by atoms with van der Waals surface area (Å²) in [6.45, 7) is 1.96. The number of fused-ring (bicyclic) bond motifs is 1. The fourth-order valence-corrected chi connectivity index (χ4v) is 2.53. The predicted molar refractivity (Wildman–Crippen MR) is 89.6 cm³/mol. The lowest BCUT2D eigenvalue weighted by molar-refractivity contribution is 0.0940. The van der Waals surface area contributed by atoms with E-state index >= 15 is 0 Å². The standard InChI is InChI=1S/C18H19N3O2/c1-12(13-4-7-15(23-3)8-5-13)20-18(22)14-6-9-17-16(10-14)19-11-21(17)2/h4-12H,1-3H3,(H,20,22). The summed E-state index contributed by atoms with van der Waals surface area (Å²) in [6, 6.07) is 13.1. The van der Waals surface area contributed by atoms with E-state index in [4.69, 9.17) is 4.74 Å². The first-order valence-electron chi connectivity index (χ1n) is 7.44. The van der Waals surface area contributed by atoms with Crippen LogP contribution >= 0.6 is 0 Å². The zero-order valence-electron chi connectivity index (χ0n) is 13.4. The third-order valence-electron chi connectivity index (χ3n) is 3.95. The fraction of sp³-hybridized carbons (Fsp3) is 0.222. The summed E-state index contributed by atoms with van der Waals surface area (Å²) in [5, 5.41) is 3.01. The Balaban J connectivity index is 1.76. The maximum atomic E-state index is 12.4. The maximum absolute atomic E-state index is 12.4. The minimum atomic E-state index is -0.110. The van der Waals surface area contributed by atoms with Crippen molar-refractivity contribution in [3.63, 3.8) is 0 Å². The molecule has 3 aromatic rings. The second-order valence-electron chi connectivity index (χ2n) is 5.53. The number of aromatic nitrogens is 2. The lowest BCUT2D eigenvalue weighted by Gasteiger charge is -2.15. The monoisotopic (exact) mass is 309 g/mol. The van der Waals surface area contributed by atoms with E-state index in [2.05, 4.69) is 10.3 Å². The van der Waals surface area contributed by atoms with Crippen molar-refractivity contribution >= 4 is 16.9 Å². The molecule has 5 heteroatoms. The number of aryl methyl sites for hydroxylation is 1. The maximum Gasteiger partial charge on any atom is 0.251 e. The van der Waals surface area contributed by atoms with Gasteiger partial charge in [-0.2, -0.15) is 0 Å². The summed E-state index contributed by atoms with van der Waals surface area (Å²) >= 11 is 0. The van der Waals surface area contributed by atoms with Crippen LogP contribution in [0.1, 0.15) is 28.9 Å². The number of carbonyl (C=O) groups is 1. The number of imidazole rings is 1. The molecule has 0 saturated heterocycles. The van der Waals surface area contributed by atoms with Gasteiger partial charge in [0.25, 0.3) is 5.91 Å². The van der Waals surface area contributed by atoms with Crippen molar-refractivity contribution in [3.05, 3.63) is 59.9 Å². The first-order chi connectivity index (χ1) is 11.1. The van der Waals surface area contributed by atoms with Gasteiger partial charge in [-0.3, -0.25) is 4.79 Å². The van der Waals surface area contributed by atoms with E-state index in [1.807, 2.05) is 61.0 Å². The lowest BCUT2D eigenvalue weighted by Crippen LogP contribution is -2.26. The molecule has 0 spiro atoms. The first-order valence-corrected chi connectivity index (χ1v) is 7.44. The molecule has 1 unspecified atom stereocenters. The van der Waals surface area contributed by atoms with Crippen LogP contribution in [0.2, 0.25) is 0 Å². The van der Waals surface area contributed by atoms with E-state index < -0.39 is 0 Å². The smallest absolute Gasteiger partial charge is 0.251 e. The fourth-order valence-electron chi connectivity index (χ4n) is 2.53. The second kappa shape index (κ2) is 6.12. The molecule has 2 aromatic carbocycles. The average molecular weight is 309 g/mol. The highest BCUT2D eigenvalue weighted by atomic mass is 16.5. The summed E-state index contributed by atoms with van der Waals surface area (Å²) in [7, 11) is 3.56. The predicted octanol–water partition coefficient (Wildman–Crippen LogP) is 3.07. The van der Waals surface area contributed by atoms with Gasteiger partial charge in [0, 0.05) is 12.6 Å². The molecule has 3 rings (SSSR count). The summed E-state index contributed by atoms with van der Waals surface area (Å²) in [6.07, 6.45) is 1.74. The first kappa shape index (κ1) is 15.1. The van der Waals surface area contributed by atoms with Crippen molar-refractivity contribution in [3.8, 4) is 5.75 Å². The van der Waals surface area contributed by atoms with Crippen molar-refractivity contribution in [2.24, 2.45) is 7.05 Å². The van der Waals surface area contributed by atoms with Crippen LogP contribution in [0, 0.1) is 0 Å². The number of benzene rings is 2. The molecule has 23 heavy (non-hydrogen) atoms. The Hall–Kier alpha value is -2.82. The summed E-state index contributed by atoms with van der Waals surface area (Å²) in [5.41, 5.74) is 3.46. The Kier molecular flexibility index (Phi) is 4.02. The number of carbonyl (C=O) groups excluding carboxylic acids is 1. The highest BCUT2D eigenvalue weighted by molar-refractivity contribution is 5.97. The number of rotatable bonds is 4. The van der Waals surface area contributed by atoms with Crippen LogP contribution in [0.15, 0.2) is 48.8 Å². The molecule has 0 radical (unpaired) electrons. The molecule has 1 aromatic heterocycles. The van der Waals surface area contributed by atoms with Gasteiger partial charge in [0.05, 0.1) is 30.5 Å². The molecule has 1 heterocycles. The molecular weight excluding hydrogens is 290 g/mol. The summed E-state index contributed by atoms with van der Waals surface area (Å²) in [5.74, 6) is 0.689. The van der Waals surface area contributed by atoms with Gasteiger partial charge in [-0.05, 0) is 42.8 Å². The molecule has 0 aliphatic rings.